The molecule has 0 saturated heterocycles. The van der Waals surface area contributed by atoms with Gasteiger partial charge in [0.05, 0.1) is 0 Å². The number of aromatic nitrogens is 2. The third-order valence-corrected chi connectivity index (χ3v) is 4.05. The Bertz CT molecular complexity index is 828. The van der Waals surface area contributed by atoms with Gasteiger partial charge in [-0.3, -0.25) is 4.79 Å². The van der Waals surface area contributed by atoms with Crippen molar-refractivity contribution in [2.24, 2.45) is 0 Å². The molecule has 0 atom stereocenters. The Morgan fingerprint density at radius 2 is 2.04 bits per heavy atom. The molecule has 2 rings (SSSR count). The van der Waals surface area contributed by atoms with Crippen molar-refractivity contribution in [2.45, 2.75) is 26.4 Å². The van der Waals surface area contributed by atoms with Crippen LogP contribution >= 0.6 is 0 Å². The molecule has 0 aliphatic rings. The van der Waals surface area contributed by atoms with Gasteiger partial charge in [-0.2, -0.15) is 4.98 Å². The average molecular weight is 365 g/mol. The van der Waals surface area contributed by atoms with E-state index in [9.17, 15) is 13.2 Å². The van der Waals surface area contributed by atoms with E-state index in [1.807, 2.05) is 19.9 Å². The maximum absolute atomic E-state index is 11.8. The van der Waals surface area contributed by atoms with E-state index in [4.69, 9.17) is 9.26 Å². The monoisotopic (exact) mass is 365 g/mol. The molecule has 0 bridgehead atoms. The highest BCUT2D eigenvalue weighted by atomic mass is 32.2. The van der Waals surface area contributed by atoms with Gasteiger partial charge < -0.3 is 9.26 Å². The summed E-state index contributed by atoms with van der Waals surface area (Å²) in [6.07, 6.45) is 1.43. The first-order valence-electron chi connectivity index (χ1n) is 7.56. The zero-order chi connectivity index (χ0) is 18.3. The van der Waals surface area contributed by atoms with E-state index in [-0.39, 0.29) is 18.4 Å². The normalized spacial score (nSPS) is 12.0. The summed E-state index contributed by atoms with van der Waals surface area (Å²) in [5.41, 5.74) is 0.729. The van der Waals surface area contributed by atoms with E-state index in [0.717, 1.165) is 11.0 Å². The van der Waals surface area contributed by atoms with Crippen LogP contribution in [0.3, 0.4) is 0 Å². The Hall–Kier alpha value is -2.52. The standard InChI is InChI=1S/C16H19N3O5S/c1-12(2)16-18-14(24-19-16)11-23-15(20)10-17-25(21,22)9-8-13-6-4-3-5-7-13/h3-9,12,17H,10-11H2,1-2H3/b9-8+. The van der Waals surface area contributed by atoms with Crippen molar-refractivity contribution in [3.8, 4) is 0 Å². The van der Waals surface area contributed by atoms with Gasteiger partial charge in [-0.15, -0.1) is 0 Å². The minimum absolute atomic E-state index is 0.0939. The van der Waals surface area contributed by atoms with Crippen molar-refractivity contribution < 1.29 is 22.5 Å². The summed E-state index contributed by atoms with van der Waals surface area (Å²) < 4.78 is 35.6. The third kappa shape index (κ3) is 6.48. The van der Waals surface area contributed by atoms with Crippen LogP contribution in [0.5, 0.6) is 0 Å². The number of nitrogens with one attached hydrogen (secondary N) is 1. The molecule has 0 aliphatic carbocycles. The van der Waals surface area contributed by atoms with Crippen LogP contribution in [0.2, 0.25) is 0 Å². The van der Waals surface area contributed by atoms with Crippen molar-refractivity contribution in [1.82, 2.24) is 14.9 Å². The lowest BCUT2D eigenvalue weighted by atomic mass is 10.2. The van der Waals surface area contributed by atoms with E-state index < -0.39 is 22.5 Å². The molecule has 25 heavy (non-hydrogen) atoms. The second-order valence-corrected chi connectivity index (χ2v) is 7.09. The molecule has 0 radical (unpaired) electrons. The van der Waals surface area contributed by atoms with Gasteiger partial charge in [-0.05, 0) is 11.6 Å². The molecule has 1 aromatic heterocycles. The number of hydrogen-bond donors (Lipinski definition) is 1. The molecule has 0 unspecified atom stereocenters. The van der Waals surface area contributed by atoms with E-state index in [0.29, 0.717) is 5.82 Å². The van der Waals surface area contributed by atoms with Crippen LogP contribution in [0.25, 0.3) is 6.08 Å². The Morgan fingerprint density at radius 1 is 1.32 bits per heavy atom. The van der Waals surface area contributed by atoms with Gasteiger partial charge in [0.25, 0.3) is 5.89 Å². The van der Waals surface area contributed by atoms with Crippen LogP contribution in [0.15, 0.2) is 40.3 Å². The lowest BCUT2D eigenvalue weighted by molar-refractivity contribution is -0.144. The van der Waals surface area contributed by atoms with Crippen molar-refractivity contribution >= 4 is 22.1 Å². The lowest BCUT2D eigenvalue weighted by Crippen LogP contribution is -2.29. The molecular weight excluding hydrogens is 346 g/mol. The van der Waals surface area contributed by atoms with Gasteiger partial charge in [0.2, 0.25) is 10.0 Å². The summed E-state index contributed by atoms with van der Waals surface area (Å²) in [4.78, 5) is 15.7. The molecule has 0 fully saturated rings. The predicted molar refractivity (Wildman–Crippen MR) is 90.6 cm³/mol. The van der Waals surface area contributed by atoms with Crippen LogP contribution < -0.4 is 4.72 Å². The number of rotatable bonds is 8. The molecule has 0 amide bonds. The molecule has 9 heteroatoms. The van der Waals surface area contributed by atoms with Crippen LogP contribution in [-0.4, -0.2) is 31.1 Å². The van der Waals surface area contributed by atoms with Crippen LogP contribution in [0.1, 0.15) is 37.0 Å². The molecule has 2 aromatic rings. The Balaban J connectivity index is 1.79. The molecule has 8 nitrogen and oxygen atoms in total. The van der Waals surface area contributed by atoms with Crippen molar-refractivity contribution in [3.05, 3.63) is 53.0 Å². The fourth-order valence-corrected chi connectivity index (χ4v) is 2.45. The van der Waals surface area contributed by atoms with Crippen LogP contribution in [0.4, 0.5) is 0 Å². The molecule has 134 valence electrons. The number of nitrogens with zero attached hydrogens (tertiary/aromatic N) is 2. The first-order chi connectivity index (χ1) is 11.9. The summed E-state index contributed by atoms with van der Waals surface area (Å²) >= 11 is 0. The Morgan fingerprint density at radius 3 is 2.68 bits per heavy atom. The number of hydrogen-bond acceptors (Lipinski definition) is 7. The maximum Gasteiger partial charge on any atom is 0.321 e. The molecule has 0 saturated carbocycles. The van der Waals surface area contributed by atoms with E-state index in [2.05, 4.69) is 14.9 Å². The highest BCUT2D eigenvalue weighted by Crippen LogP contribution is 2.10. The minimum atomic E-state index is -3.75. The minimum Gasteiger partial charge on any atom is -0.455 e. The number of esters is 1. The SMILES string of the molecule is CC(C)c1noc(COC(=O)CNS(=O)(=O)/C=C/c2ccccc2)n1. The first-order valence-corrected chi connectivity index (χ1v) is 9.11. The lowest BCUT2D eigenvalue weighted by Gasteiger charge is -2.03. The average Bonchev–Trinajstić information content (AvgIpc) is 3.07. The third-order valence-electron chi connectivity index (χ3n) is 3.01. The summed E-state index contributed by atoms with van der Waals surface area (Å²) in [6, 6.07) is 8.93. The number of carbonyl (C=O) groups excluding carboxylic acids is 1. The smallest absolute Gasteiger partial charge is 0.321 e. The second-order valence-electron chi connectivity index (χ2n) is 5.44. The van der Waals surface area contributed by atoms with Crippen molar-refractivity contribution in [2.75, 3.05) is 6.54 Å². The second kappa shape index (κ2) is 8.54. The summed E-state index contributed by atoms with van der Waals surface area (Å²) in [5, 5.41) is 4.72. The van der Waals surface area contributed by atoms with Gasteiger partial charge in [-0.1, -0.05) is 49.3 Å². The van der Waals surface area contributed by atoms with E-state index in [1.165, 1.54) is 6.08 Å². The maximum atomic E-state index is 11.8. The largest absolute Gasteiger partial charge is 0.455 e. The molecule has 0 spiro atoms. The number of carbonyl (C=O) groups is 1. The first kappa shape index (κ1) is 18.8. The number of benzene rings is 1. The quantitative estimate of drug-likeness (QED) is 0.710. The zero-order valence-electron chi connectivity index (χ0n) is 13.9. The molecule has 1 N–H and O–H groups in total. The van der Waals surface area contributed by atoms with Crippen LogP contribution in [0, 0.1) is 0 Å². The highest BCUT2D eigenvalue weighted by molar-refractivity contribution is 7.92. The summed E-state index contributed by atoms with van der Waals surface area (Å²) in [7, 11) is -3.75. The van der Waals surface area contributed by atoms with E-state index >= 15 is 0 Å². The zero-order valence-corrected chi connectivity index (χ0v) is 14.7. The molecule has 1 aromatic carbocycles. The topological polar surface area (TPSA) is 111 Å². The van der Waals surface area contributed by atoms with Gasteiger partial charge in [0.1, 0.15) is 6.54 Å². The highest BCUT2D eigenvalue weighted by Gasteiger charge is 2.13. The van der Waals surface area contributed by atoms with Crippen LogP contribution in [-0.2, 0) is 26.2 Å². The Kier molecular flexibility index (Phi) is 6.43. The fourth-order valence-electron chi connectivity index (χ4n) is 1.69. The van der Waals surface area contributed by atoms with E-state index in [1.54, 1.807) is 24.3 Å². The summed E-state index contributed by atoms with van der Waals surface area (Å²) in [5.74, 6) is 0.0130. The molecular formula is C16H19N3O5S. The predicted octanol–water partition coefficient (Wildman–Crippen LogP) is 1.83. The van der Waals surface area contributed by atoms with Crippen molar-refractivity contribution in [3.63, 3.8) is 0 Å². The molecule has 0 aliphatic heterocycles. The van der Waals surface area contributed by atoms with Gasteiger partial charge in [0, 0.05) is 11.3 Å². The number of sulfonamides is 1. The molecule has 1 heterocycles. The Labute approximate surface area is 145 Å². The summed E-state index contributed by atoms with van der Waals surface area (Å²) in [6.45, 7) is 3.10. The number of ether oxygens (including phenoxy) is 1. The van der Waals surface area contributed by atoms with Gasteiger partial charge in [0.15, 0.2) is 12.4 Å². The fraction of sp³-hybridized carbons (Fsp3) is 0.312. The van der Waals surface area contributed by atoms with Crippen molar-refractivity contribution in [1.29, 1.82) is 0 Å². The van der Waals surface area contributed by atoms with Gasteiger partial charge in [-0.25, -0.2) is 13.1 Å². The van der Waals surface area contributed by atoms with Gasteiger partial charge >= 0.3 is 5.97 Å².